The Morgan fingerprint density at radius 3 is 2.72 bits per heavy atom. The Kier molecular flexibility index (Phi) is 5.93. The molecule has 2 atom stereocenters. The third-order valence-electron chi connectivity index (χ3n) is 4.66. The third-order valence-corrected chi connectivity index (χ3v) is 4.66. The van der Waals surface area contributed by atoms with Crippen molar-refractivity contribution in [3.05, 3.63) is 0 Å². The zero-order valence-electron chi connectivity index (χ0n) is 12.3. The van der Waals surface area contributed by atoms with E-state index >= 15 is 0 Å². The lowest BCUT2D eigenvalue weighted by molar-refractivity contribution is 0.184. The molecular formula is C15H31N3. The van der Waals surface area contributed by atoms with Crippen LogP contribution in [0, 0.1) is 5.92 Å². The fourth-order valence-corrected chi connectivity index (χ4v) is 3.40. The molecule has 106 valence electrons. The van der Waals surface area contributed by atoms with Crippen LogP contribution in [0.15, 0.2) is 0 Å². The summed E-state index contributed by atoms with van der Waals surface area (Å²) in [6.45, 7) is 6.41. The fraction of sp³-hybridized carbons (Fsp3) is 1.00. The van der Waals surface area contributed by atoms with Crippen molar-refractivity contribution in [2.24, 2.45) is 5.92 Å². The summed E-state index contributed by atoms with van der Waals surface area (Å²) in [5, 5.41) is 3.59. The highest BCUT2D eigenvalue weighted by atomic mass is 15.1. The maximum absolute atomic E-state index is 3.59. The van der Waals surface area contributed by atoms with Crippen LogP contribution < -0.4 is 5.32 Å². The molecule has 2 rings (SSSR count). The molecule has 0 aromatic rings. The Morgan fingerprint density at radius 2 is 2.00 bits per heavy atom. The number of piperidine rings is 1. The van der Waals surface area contributed by atoms with Gasteiger partial charge in [-0.25, -0.2) is 0 Å². The molecule has 0 amide bonds. The first-order chi connectivity index (χ1) is 8.74. The van der Waals surface area contributed by atoms with Crippen molar-refractivity contribution in [2.45, 2.75) is 44.6 Å². The zero-order chi connectivity index (χ0) is 12.8. The molecule has 2 heterocycles. The van der Waals surface area contributed by atoms with E-state index in [1.54, 1.807) is 0 Å². The lowest BCUT2D eigenvalue weighted by atomic mass is 9.95. The van der Waals surface area contributed by atoms with Crippen LogP contribution in [-0.4, -0.2) is 62.7 Å². The summed E-state index contributed by atoms with van der Waals surface area (Å²) in [7, 11) is 4.56. The first-order valence-corrected chi connectivity index (χ1v) is 7.84. The first-order valence-electron chi connectivity index (χ1n) is 7.84. The molecule has 2 aliphatic heterocycles. The van der Waals surface area contributed by atoms with Gasteiger partial charge in [0.2, 0.25) is 0 Å². The summed E-state index contributed by atoms with van der Waals surface area (Å²) < 4.78 is 0. The van der Waals surface area contributed by atoms with Crippen molar-refractivity contribution in [3.63, 3.8) is 0 Å². The van der Waals surface area contributed by atoms with Gasteiger partial charge < -0.3 is 15.1 Å². The van der Waals surface area contributed by atoms with Gasteiger partial charge in [0.25, 0.3) is 0 Å². The number of hydrogen-bond donors (Lipinski definition) is 1. The van der Waals surface area contributed by atoms with Crippen LogP contribution in [0.5, 0.6) is 0 Å². The largest absolute Gasteiger partial charge is 0.314 e. The second-order valence-electron chi connectivity index (χ2n) is 6.44. The molecule has 0 spiro atoms. The Balaban J connectivity index is 1.54. The molecule has 0 saturated carbocycles. The summed E-state index contributed by atoms with van der Waals surface area (Å²) in [5.74, 6) is 0.941. The Hall–Kier alpha value is -0.120. The number of hydrogen-bond acceptors (Lipinski definition) is 3. The van der Waals surface area contributed by atoms with Crippen LogP contribution in [-0.2, 0) is 0 Å². The summed E-state index contributed by atoms with van der Waals surface area (Å²) in [5.41, 5.74) is 0. The van der Waals surface area contributed by atoms with Crippen LogP contribution in [0.25, 0.3) is 0 Å². The highest BCUT2D eigenvalue weighted by Crippen LogP contribution is 2.18. The number of likely N-dealkylation sites (tertiary alicyclic amines) is 1. The molecule has 0 aliphatic carbocycles. The van der Waals surface area contributed by atoms with E-state index in [4.69, 9.17) is 0 Å². The Bertz CT molecular complexity index is 226. The van der Waals surface area contributed by atoms with Crippen molar-refractivity contribution in [3.8, 4) is 0 Å². The Morgan fingerprint density at radius 1 is 1.17 bits per heavy atom. The SMILES string of the molecule is CN(CCC1CCCN(C)C1)CCC1CCCN1. The third kappa shape index (κ3) is 4.87. The van der Waals surface area contributed by atoms with E-state index < -0.39 is 0 Å². The van der Waals surface area contributed by atoms with Crippen molar-refractivity contribution in [2.75, 3.05) is 46.8 Å². The van der Waals surface area contributed by atoms with Gasteiger partial charge in [0.1, 0.15) is 0 Å². The average molecular weight is 253 g/mol. The average Bonchev–Trinajstić information content (AvgIpc) is 2.87. The predicted octanol–water partition coefficient (Wildman–Crippen LogP) is 1.79. The van der Waals surface area contributed by atoms with Gasteiger partial charge in [-0.05, 0) is 84.7 Å². The molecule has 2 saturated heterocycles. The second-order valence-corrected chi connectivity index (χ2v) is 6.44. The summed E-state index contributed by atoms with van der Waals surface area (Å²) in [4.78, 5) is 5.03. The maximum Gasteiger partial charge on any atom is 0.00797 e. The highest BCUT2D eigenvalue weighted by molar-refractivity contribution is 4.76. The lowest BCUT2D eigenvalue weighted by Gasteiger charge is -2.31. The predicted molar refractivity (Wildman–Crippen MR) is 78.0 cm³/mol. The lowest BCUT2D eigenvalue weighted by Crippen LogP contribution is -2.34. The molecule has 3 nitrogen and oxygen atoms in total. The standard InChI is InChI=1S/C15H31N3/c1-17(12-8-15-6-3-9-16-15)11-7-14-5-4-10-18(2)13-14/h14-16H,3-13H2,1-2H3. The number of nitrogens with zero attached hydrogens (tertiary/aromatic N) is 2. The zero-order valence-corrected chi connectivity index (χ0v) is 12.3. The van der Waals surface area contributed by atoms with Crippen molar-refractivity contribution in [1.29, 1.82) is 0 Å². The normalized spacial score (nSPS) is 30.2. The van der Waals surface area contributed by atoms with Gasteiger partial charge in [-0.3, -0.25) is 0 Å². The van der Waals surface area contributed by atoms with E-state index in [-0.39, 0.29) is 0 Å². The minimum absolute atomic E-state index is 0.799. The minimum atomic E-state index is 0.799. The molecule has 2 fully saturated rings. The van der Waals surface area contributed by atoms with E-state index in [1.807, 2.05) is 0 Å². The number of nitrogens with one attached hydrogen (secondary N) is 1. The van der Waals surface area contributed by atoms with Gasteiger partial charge in [-0.15, -0.1) is 0 Å². The van der Waals surface area contributed by atoms with Gasteiger partial charge >= 0.3 is 0 Å². The van der Waals surface area contributed by atoms with Crippen molar-refractivity contribution < 1.29 is 0 Å². The quantitative estimate of drug-likeness (QED) is 0.778. The minimum Gasteiger partial charge on any atom is -0.314 e. The molecule has 3 heteroatoms. The molecule has 2 aliphatic rings. The van der Waals surface area contributed by atoms with Crippen LogP contribution >= 0.6 is 0 Å². The molecule has 0 aromatic heterocycles. The first kappa shape index (κ1) is 14.3. The summed E-state index contributed by atoms with van der Waals surface area (Å²) >= 11 is 0. The van der Waals surface area contributed by atoms with Crippen LogP contribution in [0.4, 0.5) is 0 Å². The van der Waals surface area contributed by atoms with Crippen molar-refractivity contribution in [1.82, 2.24) is 15.1 Å². The van der Waals surface area contributed by atoms with Gasteiger partial charge in [0, 0.05) is 12.6 Å². The van der Waals surface area contributed by atoms with E-state index in [9.17, 15) is 0 Å². The molecule has 0 bridgehead atoms. The monoisotopic (exact) mass is 253 g/mol. The highest BCUT2D eigenvalue weighted by Gasteiger charge is 2.18. The summed E-state index contributed by atoms with van der Waals surface area (Å²) in [6.07, 6.45) is 8.34. The number of rotatable bonds is 6. The second kappa shape index (κ2) is 7.46. The molecule has 0 aromatic carbocycles. The Labute approximate surface area is 113 Å². The topological polar surface area (TPSA) is 18.5 Å². The van der Waals surface area contributed by atoms with Gasteiger partial charge in [0.15, 0.2) is 0 Å². The fourth-order valence-electron chi connectivity index (χ4n) is 3.40. The van der Waals surface area contributed by atoms with Gasteiger partial charge in [-0.1, -0.05) is 0 Å². The molecule has 0 radical (unpaired) electrons. The molecule has 1 N–H and O–H groups in total. The maximum atomic E-state index is 3.59. The van der Waals surface area contributed by atoms with Crippen LogP contribution in [0.2, 0.25) is 0 Å². The molecule has 2 unspecified atom stereocenters. The van der Waals surface area contributed by atoms with E-state index in [1.165, 1.54) is 71.2 Å². The molecule has 18 heavy (non-hydrogen) atoms. The van der Waals surface area contributed by atoms with E-state index in [0.717, 1.165) is 12.0 Å². The smallest absolute Gasteiger partial charge is 0.00797 e. The van der Waals surface area contributed by atoms with E-state index in [2.05, 4.69) is 29.2 Å². The van der Waals surface area contributed by atoms with Gasteiger partial charge in [-0.2, -0.15) is 0 Å². The van der Waals surface area contributed by atoms with Gasteiger partial charge in [0.05, 0.1) is 0 Å². The van der Waals surface area contributed by atoms with Crippen LogP contribution in [0.3, 0.4) is 0 Å². The summed E-state index contributed by atoms with van der Waals surface area (Å²) in [6, 6.07) is 0.799. The van der Waals surface area contributed by atoms with E-state index in [0.29, 0.717) is 0 Å². The molecular weight excluding hydrogens is 222 g/mol. The van der Waals surface area contributed by atoms with Crippen LogP contribution in [0.1, 0.15) is 38.5 Å². The van der Waals surface area contributed by atoms with Crippen molar-refractivity contribution >= 4 is 0 Å².